The van der Waals surface area contributed by atoms with Crippen LogP contribution in [0.15, 0.2) is 12.3 Å². The standard InChI is InChI=1S/C11H14F2N2/c12-11(13)9-6-7-14-15-10(9)8-4-2-1-3-5-8/h6-8,11H,1-5H2. The van der Waals surface area contributed by atoms with Gasteiger partial charge in [0.25, 0.3) is 6.43 Å². The van der Waals surface area contributed by atoms with Crippen LogP contribution in [0.4, 0.5) is 8.78 Å². The normalized spacial score (nSPS) is 18.3. The molecule has 1 aromatic rings. The first-order valence-corrected chi connectivity index (χ1v) is 5.38. The maximum atomic E-state index is 12.7. The summed E-state index contributed by atoms with van der Waals surface area (Å²) in [6, 6.07) is 1.39. The summed E-state index contributed by atoms with van der Waals surface area (Å²) >= 11 is 0. The predicted molar refractivity (Wildman–Crippen MR) is 52.8 cm³/mol. The van der Waals surface area contributed by atoms with Gasteiger partial charge in [-0.1, -0.05) is 19.3 Å². The van der Waals surface area contributed by atoms with E-state index in [1.54, 1.807) is 0 Å². The van der Waals surface area contributed by atoms with Gasteiger partial charge in [-0.05, 0) is 18.9 Å². The van der Waals surface area contributed by atoms with Crippen LogP contribution in [0.2, 0.25) is 0 Å². The molecule has 0 aromatic carbocycles. The van der Waals surface area contributed by atoms with E-state index in [1.165, 1.54) is 18.7 Å². The second kappa shape index (κ2) is 4.64. The first-order chi connectivity index (χ1) is 7.29. The zero-order chi connectivity index (χ0) is 10.7. The highest BCUT2D eigenvalue weighted by Crippen LogP contribution is 2.35. The van der Waals surface area contributed by atoms with E-state index in [9.17, 15) is 8.78 Å². The molecule has 82 valence electrons. The Labute approximate surface area is 87.7 Å². The van der Waals surface area contributed by atoms with Crippen LogP contribution < -0.4 is 0 Å². The molecule has 0 bridgehead atoms. The van der Waals surface area contributed by atoms with E-state index in [0.717, 1.165) is 25.7 Å². The van der Waals surface area contributed by atoms with E-state index in [4.69, 9.17) is 0 Å². The SMILES string of the molecule is FC(F)c1ccnnc1C1CCCCC1. The van der Waals surface area contributed by atoms with E-state index in [2.05, 4.69) is 10.2 Å². The molecule has 0 N–H and O–H groups in total. The van der Waals surface area contributed by atoms with Crippen LogP contribution in [0.25, 0.3) is 0 Å². The maximum Gasteiger partial charge on any atom is 0.265 e. The predicted octanol–water partition coefficient (Wildman–Crippen LogP) is 3.46. The highest BCUT2D eigenvalue weighted by Gasteiger charge is 2.23. The fraction of sp³-hybridized carbons (Fsp3) is 0.636. The summed E-state index contributed by atoms with van der Waals surface area (Å²) in [6.45, 7) is 0. The molecule has 1 aliphatic carbocycles. The molecule has 0 atom stereocenters. The summed E-state index contributed by atoms with van der Waals surface area (Å²) < 4.78 is 25.4. The lowest BCUT2D eigenvalue weighted by Gasteiger charge is -2.22. The Kier molecular flexibility index (Phi) is 3.23. The minimum Gasteiger partial charge on any atom is -0.205 e. The monoisotopic (exact) mass is 212 g/mol. The van der Waals surface area contributed by atoms with Crippen molar-refractivity contribution in [3.8, 4) is 0 Å². The van der Waals surface area contributed by atoms with Crippen molar-refractivity contribution < 1.29 is 8.78 Å². The molecule has 1 heterocycles. The van der Waals surface area contributed by atoms with Crippen molar-refractivity contribution >= 4 is 0 Å². The minimum absolute atomic E-state index is 0.0666. The van der Waals surface area contributed by atoms with E-state index in [-0.39, 0.29) is 11.5 Å². The molecule has 1 aromatic heterocycles. The third-order valence-corrected chi connectivity index (χ3v) is 3.01. The highest BCUT2D eigenvalue weighted by atomic mass is 19.3. The number of rotatable bonds is 2. The van der Waals surface area contributed by atoms with Crippen molar-refractivity contribution in [3.63, 3.8) is 0 Å². The third-order valence-electron chi connectivity index (χ3n) is 3.01. The minimum atomic E-state index is -2.43. The van der Waals surface area contributed by atoms with Gasteiger partial charge in [0.15, 0.2) is 0 Å². The van der Waals surface area contributed by atoms with Crippen LogP contribution in [0.5, 0.6) is 0 Å². The Balaban J connectivity index is 2.25. The van der Waals surface area contributed by atoms with E-state index in [0.29, 0.717) is 5.69 Å². The average Bonchev–Trinajstić information content (AvgIpc) is 2.30. The van der Waals surface area contributed by atoms with Crippen molar-refractivity contribution in [2.45, 2.75) is 44.4 Å². The molecule has 0 unspecified atom stereocenters. The number of aromatic nitrogens is 2. The fourth-order valence-electron chi connectivity index (χ4n) is 2.23. The maximum absolute atomic E-state index is 12.7. The number of nitrogens with zero attached hydrogens (tertiary/aromatic N) is 2. The van der Waals surface area contributed by atoms with Crippen LogP contribution in [0.3, 0.4) is 0 Å². The molecule has 0 saturated heterocycles. The summed E-state index contributed by atoms with van der Waals surface area (Å²) in [5.41, 5.74) is 0.587. The lowest BCUT2D eigenvalue weighted by molar-refractivity contribution is 0.148. The van der Waals surface area contributed by atoms with Crippen LogP contribution in [0.1, 0.15) is 55.7 Å². The van der Waals surface area contributed by atoms with Crippen LogP contribution in [-0.2, 0) is 0 Å². The lowest BCUT2D eigenvalue weighted by atomic mass is 9.85. The molecular formula is C11H14F2N2. The summed E-state index contributed by atoms with van der Waals surface area (Å²) in [5, 5.41) is 7.61. The molecule has 1 aliphatic rings. The largest absolute Gasteiger partial charge is 0.265 e. The molecule has 2 rings (SSSR count). The molecule has 1 fully saturated rings. The summed E-state index contributed by atoms with van der Waals surface area (Å²) in [5.74, 6) is 0.191. The van der Waals surface area contributed by atoms with Gasteiger partial charge in [0.05, 0.1) is 11.9 Å². The Bertz CT molecular complexity index is 322. The topological polar surface area (TPSA) is 25.8 Å². The number of hydrogen-bond donors (Lipinski definition) is 0. The molecule has 0 spiro atoms. The Morgan fingerprint density at radius 3 is 2.60 bits per heavy atom. The lowest BCUT2D eigenvalue weighted by Crippen LogP contribution is -2.10. The number of alkyl halides is 2. The molecule has 0 amide bonds. The molecule has 1 saturated carbocycles. The molecule has 2 nitrogen and oxygen atoms in total. The second-order valence-corrected chi connectivity index (χ2v) is 4.01. The van der Waals surface area contributed by atoms with Crippen molar-refractivity contribution in [3.05, 3.63) is 23.5 Å². The van der Waals surface area contributed by atoms with Gasteiger partial charge < -0.3 is 0 Å². The van der Waals surface area contributed by atoms with Crippen molar-refractivity contribution in [2.24, 2.45) is 0 Å². The zero-order valence-corrected chi connectivity index (χ0v) is 8.50. The quantitative estimate of drug-likeness (QED) is 0.750. The Hall–Kier alpha value is -1.06. The van der Waals surface area contributed by atoms with Gasteiger partial charge in [0.2, 0.25) is 0 Å². The molecule has 0 radical (unpaired) electrons. The Morgan fingerprint density at radius 2 is 1.93 bits per heavy atom. The number of hydrogen-bond acceptors (Lipinski definition) is 2. The van der Waals surface area contributed by atoms with Crippen molar-refractivity contribution in [1.29, 1.82) is 0 Å². The van der Waals surface area contributed by atoms with Gasteiger partial charge in [-0.25, -0.2) is 8.78 Å². The molecule has 4 heteroatoms. The van der Waals surface area contributed by atoms with E-state index < -0.39 is 6.43 Å². The third kappa shape index (κ3) is 2.30. The van der Waals surface area contributed by atoms with E-state index in [1.807, 2.05) is 0 Å². The molecule has 15 heavy (non-hydrogen) atoms. The first kappa shape index (κ1) is 10.5. The van der Waals surface area contributed by atoms with E-state index >= 15 is 0 Å². The van der Waals surface area contributed by atoms with Crippen LogP contribution >= 0.6 is 0 Å². The summed E-state index contributed by atoms with van der Waals surface area (Å²) in [4.78, 5) is 0. The van der Waals surface area contributed by atoms with Gasteiger partial charge in [0, 0.05) is 11.5 Å². The van der Waals surface area contributed by atoms with Crippen molar-refractivity contribution in [1.82, 2.24) is 10.2 Å². The smallest absolute Gasteiger partial charge is 0.205 e. The summed E-state index contributed by atoms with van der Waals surface area (Å²) in [7, 11) is 0. The highest BCUT2D eigenvalue weighted by molar-refractivity contribution is 5.22. The first-order valence-electron chi connectivity index (χ1n) is 5.38. The summed E-state index contributed by atoms with van der Waals surface area (Å²) in [6.07, 6.45) is 4.29. The number of halogens is 2. The van der Waals surface area contributed by atoms with Gasteiger partial charge in [-0.15, -0.1) is 0 Å². The molecular weight excluding hydrogens is 198 g/mol. The van der Waals surface area contributed by atoms with Crippen LogP contribution in [0, 0.1) is 0 Å². The Morgan fingerprint density at radius 1 is 1.20 bits per heavy atom. The van der Waals surface area contributed by atoms with Crippen molar-refractivity contribution in [2.75, 3.05) is 0 Å². The zero-order valence-electron chi connectivity index (χ0n) is 8.50. The van der Waals surface area contributed by atoms with Gasteiger partial charge in [-0.2, -0.15) is 10.2 Å². The second-order valence-electron chi connectivity index (χ2n) is 4.01. The van der Waals surface area contributed by atoms with Crippen LogP contribution in [-0.4, -0.2) is 10.2 Å². The fourth-order valence-corrected chi connectivity index (χ4v) is 2.23. The van der Waals surface area contributed by atoms with Gasteiger partial charge >= 0.3 is 0 Å². The molecule has 0 aliphatic heterocycles. The van der Waals surface area contributed by atoms with Gasteiger partial charge in [-0.3, -0.25) is 0 Å². The average molecular weight is 212 g/mol. The van der Waals surface area contributed by atoms with Gasteiger partial charge in [0.1, 0.15) is 0 Å².